The van der Waals surface area contributed by atoms with Gasteiger partial charge in [0.1, 0.15) is 0 Å². The number of aliphatic hydroxyl groups is 2. The summed E-state index contributed by atoms with van der Waals surface area (Å²) in [6, 6.07) is -0.545. The smallest absolute Gasteiger partial charge is 0.305 e. The van der Waals surface area contributed by atoms with Crippen molar-refractivity contribution in [3.05, 3.63) is 12.2 Å². The van der Waals surface area contributed by atoms with Gasteiger partial charge in [0, 0.05) is 12.8 Å². The lowest BCUT2D eigenvalue weighted by Gasteiger charge is -2.22. The van der Waals surface area contributed by atoms with Gasteiger partial charge in [-0.1, -0.05) is 321 Å². The van der Waals surface area contributed by atoms with Crippen LogP contribution >= 0.6 is 0 Å². The number of allylic oxidation sites excluding steroid dienone is 2. The third-order valence-corrected chi connectivity index (χ3v) is 15.6. The van der Waals surface area contributed by atoms with Gasteiger partial charge < -0.3 is 20.3 Å². The highest BCUT2D eigenvalue weighted by molar-refractivity contribution is 5.76. The minimum absolute atomic E-state index is 0.0159. The van der Waals surface area contributed by atoms with Crippen LogP contribution in [0.2, 0.25) is 0 Å². The van der Waals surface area contributed by atoms with E-state index in [0.717, 1.165) is 38.5 Å². The number of amides is 1. The lowest BCUT2D eigenvalue weighted by atomic mass is 10.0. The number of carbonyl (C=O) groups is 2. The summed E-state index contributed by atoms with van der Waals surface area (Å²) in [6.07, 6.45) is 75.2. The van der Waals surface area contributed by atoms with Gasteiger partial charge in [0.05, 0.1) is 25.4 Å². The quantitative estimate of drug-likeness (QED) is 0.0320. The van der Waals surface area contributed by atoms with E-state index >= 15 is 0 Å². The van der Waals surface area contributed by atoms with Crippen LogP contribution in [0.15, 0.2) is 12.2 Å². The first-order valence-corrected chi connectivity index (χ1v) is 32.9. The van der Waals surface area contributed by atoms with Crippen LogP contribution < -0.4 is 5.32 Å². The normalized spacial score (nSPS) is 12.6. The Morgan fingerprint density at radius 1 is 0.375 bits per heavy atom. The molecule has 3 N–H and O–H groups in total. The average molecular weight is 1020 g/mol. The molecule has 0 saturated heterocycles. The number of carbonyl (C=O) groups excluding carboxylic acids is 2. The minimum Gasteiger partial charge on any atom is -0.466 e. The number of rotatable bonds is 62. The zero-order valence-electron chi connectivity index (χ0n) is 48.9. The van der Waals surface area contributed by atoms with Crippen molar-refractivity contribution in [2.24, 2.45) is 0 Å². The molecule has 0 radical (unpaired) electrons. The van der Waals surface area contributed by atoms with Gasteiger partial charge in [-0.05, 0) is 51.4 Å². The van der Waals surface area contributed by atoms with E-state index in [1.165, 1.54) is 302 Å². The van der Waals surface area contributed by atoms with E-state index < -0.39 is 12.1 Å². The highest BCUT2D eigenvalue weighted by atomic mass is 16.5. The Bertz CT molecular complexity index is 1080. The Hall–Kier alpha value is -1.40. The first-order chi connectivity index (χ1) is 35.5. The predicted octanol–water partition coefficient (Wildman–Crippen LogP) is 20.8. The van der Waals surface area contributed by atoms with Crippen LogP contribution in [0.25, 0.3) is 0 Å². The fourth-order valence-electron chi connectivity index (χ4n) is 10.5. The van der Waals surface area contributed by atoms with E-state index in [4.69, 9.17) is 4.74 Å². The van der Waals surface area contributed by atoms with Gasteiger partial charge in [-0.25, -0.2) is 0 Å². The van der Waals surface area contributed by atoms with Crippen molar-refractivity contribution in [2.75, 3.05) is 13.2 Å². The maximum atomic E-state index is 12.5. The van der Waals surface area contributed by atoms with Crippen molar-refractivity contribution in [1.29, 1.82) is 0 Å². The maximum Gasteiger partial charge on any atom is 0.305 e. The maximum absolute atomic E-state index is 12.5. The molecule has 0 saturated carbocycles. The van der Waals surface area contributed by atoms with E-state index in [1.54, 1.807) is 0 Å². The molecule has 0 aliphatic rings. The van der Waals surface area contributed by atoms with Crippen LogP contribution in [0.3, 0.4) is 0 Å². The summed E-state index contributed by atoms with van der Waals surface area (Å²) in [5.74, 6) is -0.0223. The summed E-state index contributed by atoms with van der Waals surface area (Å²) >= 11 is 0. The van der Waals surface area contributed by atoms with Crippen molar-refractivity contribution in [1.82, 2.24) is 5.32 Å². The molecule has 2 unspecified atom stereocenters. The van der Waals surface area contributed by atoms with Crippen LogP contribution in [0.1, 0.15) is 373 Å². The largest absolute Gasteiger partial charge is 0.466 e. The molecule has 0 aromatic heterocycles. The van der Waals surface area contributed by atoms with Crippen LogP contribution in [0, 0.1) is 0 Å². The van der Waals surface area contributed by atoms with Crippen LogP contribution in [-0.4, -0.2) is 47.4 Å². The summed E-state index contributed by atoms with van der Waals surface area (Å²) in [4.78, 5) is 24.6. The van der Waals surface area contributed by atoms with E-state index in [2.05, 4.69) is 31.3 Å². The molecule has 0 fully saturated rings. The predicted molar refractivity (Wildman–Crippen MR) is 315 cm³/mol. The van der Waals surface area contributed by atoms with Gasteiger partial charge in [0.25, 0.3) is 0 Å². The Balaban J connectivity index is 3.39. The number of nitrogens with one attached hydrogen (secondary N) is 1. The van der Waals surface area contributed by atoms with Crippen molar-refractivity contribution in [2.45, 2.75) is 386 Å². The molecule has 6 nitrogen and oxygen atoms in total. The lowest BCUT2D eigenvalue weighted by Crippen LogP contribution is -2.45. The number of aliphatic hydroxyl groups excluding tert-OH is 2. The van der Waals surface area contributed by atoms with Crippen LogP contribution in [0.4, 0.5) is 0 Å². The Kier molecular flexibility index (Phi) is 60.9. The number of ether oxygens (including phenoxy) is 1. The SMILES string of the molecule is CCCCCCCCCCCCCCCCCCC(=O)OCCCCCCCCCCCCCC/C=C\CCCCCCCCCC(=O)NC(CO)C(O)CCCCCCCCCCCCCCCCCC. The minimum atomic E-state index is -0.667. The molecule has 72 heavy (non-hydrogen) atoms. The van der Waals surface area contributed by atoms with Crippen LogP contribution in [-0.2, 0) is 14.3 Å². The standard InChI is InChI=1S/C66H129NO5/c1-3-5-7-9-11-13-15-17-19-30-34-38-42-46-50-54-58-64(69)63(62-68)67-65(70)59-55-51-47-43-39-35-31-28-26-24-22-21-23-25-27-29-33-37-41-45-49-53-57-61-72-66(71)60-56-52-48-44-40-36-32-20-18-16-14-12-10-8-6-4-2/h24,26,63-64,68-69H,3-23,25,27-62H2,1-2H3,(H,67,70)/b26-24-. The molecule has 0 aliphatic heterocycles. The highest BCUT2D eigenvalue weighted by Gasteiger charge is 2.20. The molecular weight excluding hydrogens is 887 g/mol. The molecule has 428 valence electrons. The first-order valence-electron chi connectivity index (χ1n) is 32.9. The zero-order chi connectivity index (χ0) is 52.2. The topological polar surface area (TPSA) is 95.9 Å². The van der Waals surface area contributed by atoms with E-state index in [0.29, 0.717) is 25.9 Å². The van der Waals surface area contributed by atoms with E-state index in [9.17, 15) is 19.8 Å². The second kappa shape index (κ2) is 62.1. The fraction of sp³-hybridized carbons (Fsp3) is 0.939. The summed E-state index contributed by atoms with van der Waals surface area (Å²) in [5, 5.41) is 23.3. The average Bonchev–Trinajstić information content (AvgIpc) is 3.38. The Morgan fingerprint density at radius 3 is 0.986 bits per heavy atom. The third kappa shape index (κ3) is 57.9. The van der Waals surface area contributed by atoms with E-state index in [-0.39, 0.29) is 18.5 Å². The summed E-state index contributed by atoms with van der Waals surface area (Å²) < 4.78 is 5.50. The molecule has 2 atom stereocenters. The van der Waals surface area contributed by atoms with Crippen molar-refractivity contribution >= 4 is 11.9 Å². The monoisotopic (exact) mass is 1020 g/mol. The first kappa shape index (κ1) is 70.6. The molecule has 0 rings (SSSR count). The molecule has 0 aromatic rings. The Labute approximate surface area is 450 Å². The number of esters is 1. The lowest BCUT2D eigenvalue weighted by molar-refractivity contribution is -0.143. The molecule has 0 aromatic carbocycles. The molecule has 0 bridgehead atoms. The summed E-state index contributed by atoms with van der Waals surface area (Å²) in [6.45, 7) is 4.99. The molecule has 0 heterocycles. The van der Waals surface area contributed by atoms with Gasteiger partial charge in [-0.15, -0.1) is 0 Å². The van der Waals surface area contributed by atoms with Crippen molar-refractivity contribution in [3.63, 3.8) is 0 Å². The van der Waals surface area contributed by atoms with Gasteiger partial charge in [0.2, 0.25) is 5.91 Å². The highest BCUT2D eigenvalue weighted by Crippen LogP contribution is 2.18. The number of hydrogen-bond donors (Lipinski definition) is 3. The van der Waals surface area contributed by atoms with E-state index in [1.807, 2.05) is 0 Å². The molecule has 0 aliphatic carbocycles. The van der Waals surface area contributed by atoms with Crippen molar-refractivity contribution < 1.29 is 24.5 Å². The number of hydrogen-bond acceptors (Lipinski definition) is 5. The van der Waals surface area contributed by atoms with Gasteiger partial charge >= 0.3 is 5.97 Å². The zero-order valence-corrected chi connectivity index (χ0v) is 48.9. The summed E-state index contributed by atoms with van der Waals surface area (Å²) in [5.41, 5.74) is 0. The number of unbranched alkanes of at least 4 members (excludes halogenated alkanes) is 49. The summed E-state index contributed by atoms with van der Waals surface area (Å²) in [7, 11) is 0. The van der Waals surface area contributed by atoms with Gasteiger partial charge in [-0.3, -0.25) is 9.59 Å². The third-order valence-electron chi connectivity index (χ3n) is 15.6. The second-order valence-corrected chi connectivity index (χ2v) is 22.8. The molecule has 6 heteroatoms. The van der Waals surface area contributed by atoms with Crippen LogP contribution in [0.5, 0.6) is 0 Å². The van der Waals surface area contributed by atoms with Gasteiger partial charge in [0.15, 0.2) is 0 Å². The fourth-order valence-corrected chi connectivity index (χ4v) is 10.5. The van der Waals surface area contributed by atoms with Crippen molar-refractivity contribution in [3.8, 4) is 0 Å². The second-order valence-electron chi connectivity index (χ2n) is 22.8. The molecular formula is C66H129NO5. The molecule has 0 spiro atoms. The van der Waals surface area contributed by atoms with Gasteiger partial charge in [-0.2, -0.15) is 0 Å². The molecule has 1 amide bonds. The Morgan fingerprint density at radius 2 is 0.653 bits per heavy atom.